The second kappa shape index (κ2) is 15.0. The molecule has 3 amide bonds. The number of ketones is 1. The van der Waals surface area contributed by atoms with E-state index in [9.17, 15) is 19.2 Å². The maximum absolute atomic E-state index is 13.8. The van der Waals surface area contributed by atoms with Gasteiger partial charge in [0.2, 0.25) is 17.7 Å². The lowest BCUT2D eigenvalue weighted by atomic mass is 9.94. The average Bonchev–Trinajstić information content (AvgIpc) is 3.75. The Kier molecular flexibility index (Phi) is 11.4. The van der Waals surface area contributed by atoms with Gasteiger partial charge in [0.05, 0.1) is 32.4 Å². The van der Waals surface area contributed by atoms with E-state index in [-0.39, 0.29) is 43.3 Å². The zero-order valence-electron chi connectivity index (χ0n) is 26.9. The van der Waals surface area contributed by atoms with Gasteiger partial charge in [-0.3, -0.25) is 24.1 Å². The smallest absolute Gasteiger partial charge is 0.243 e. The Morgan fingerprint density at radius 3 is 2.04 bits per heavy atom. The minimum Gasteiger partial charge on any atom is -0.488 e. The van der Waals surface area contributed by atoms with Gasteiger partial charge in [-0.15, -0.1) is 0 Å². The van der Waals surface area contributed by atoms with E-state index in [2.05, 4.69) is 16.0 Å². The van der Waals surface area contributed by atoms with Crippen molar-refractivity contribution in [2.45, 2.75) is 76.8 Å². The maximum atomic E-state index is 13.8. The van der Waals surface area contributed by atoms with Crippen LogP contribution in [0.15, 0.2) is 54.6 Å². The molecule has 4 rings (SSSR count). The van der Waals surface area contributed by atoms with Crippen LogP contribution in [0.5, 0.6) is 5.75 Å². The predicted molar refractivity (Wildman–Crippen MR) is 169 cm³/mol. The Hall–Kier alpha value is -3.80. The first-order chi connectivity index (χ1) is 21.3. The summed E-state index contributed by atoms with van der Waals surface area (Å²) in [7, 11) is 0. The second-order valence-corrected chi connectivity index (χ2v) is 12.9. The lowest BCUT2D eigenvalue weighted by Crippen LogP contribution is -2.57. The molecule has 0 saturated carbocycles. The lowest BCUT2D eigenvalue weighted by Gasteiger charge is -2.27. The molecule has 2 aliphatic heterocycles. The molecule has 2 aromatic rings. The molecule has 45 heavy (non-hydrogen) atoms. The Bertz CT molecular complexity index is 1320. The summed E-state index contributed by atoms with van der Waals surface area (Å²) in [5, 5.41) is 8.45. The number of epoxide rings is 1. The van der Waals surface area contributed by atoms with Crippen LogP contribution in [0.2, 0.25) is 0 Å². The summed E-state index contributed by atoms with van der Waals surface area (Å²) in [5.74, 6) is -0.859. The van der Waals surface area contributed by atoms with Crippen LogP contribution in [0.25, 0.3) is 0 Å². The van der Waals surface area contributed by atoms with Crippen molar-refractivity contribution < 1.29 is 33.4 Å². The topological polar surface area (TPSA) is 139 Å². The maximum Gasteiger partial charge on any atom is 0.243 e. The van der Waals surface area contributed by atoms with E-state index in [1.54, 1.807) is 13.8 Å². The third kappa shape index (κ3) is 10.7. The van der Waals surface area contributed by atoms with Crippen molar-refractivity contribution in [3.05, 3.63) is 65.7 Å². The van der Waals surface area contributed by atoms with Gasteiger partial charge in [-0.25, -0.2) is 0 Å². The number of rotatable bonds is 14. The van der Waals surface area contributed by atoms with Gasteiger partial charge >= 0.3 is 0 Å². The van der Waals surface area contributed by atoms with Gasteiger partial charge in [0.15, 0.2) is 5.78 Å². The van der Waals surface area contributed by atoms with Crippen molar-refractivity contribution in [3.63, 3.8) is 0 Å². The van der Waals surface area contributed by atoms with E-state index in [1.165, 1.54) is 0 Å². The summed E-state index contributed by atoms with van der Waals surface area (Å²) >= 11 is 0. The number of amides is 3. The zero-order chi connectivity index (χ0) is 32.6. The van der Waals surface area contributed by atoms with E-state index in [4.69, 9.17) is 14.2 Å². The molecule has 0 aliphatic carbocycles. The molecule has 4 atom stereocenters. The molecule has 244 valence electrons. The van der Waals surface area contributed by atoms with Gasteiger partial charge in [0, 0.05) is 19.5 Å². The Labute approximate surface area is 265 Å². The number of hydrogen-bond acceptors (Lipinski definition) is 8. The van der Waals surface area contributed by atoms with Gasteiger partial charge in [-0.1, -0.05) is 42.5 Å². The average molecular weight is 623 g/mol. The third-order valence-corrected chi connectivity index (χ3v) is 7.68. The molecule has 0 aromatic heterocycles. The number of ether oxygens (including phenoxy) is 3. The third-order valence-electron chi connectivity index (χ3n) is 7.68. The van der Waals surface area contributed by atoms with Crippen molar-refractivity contribution in [1.82, 2.24) is 20.9 Å². The number of carbonyl (C=O) groups is 4. The fourth-order valence-electron chi connectivity index (χ4n) is 5.05. The summed E-state index contributed by atoms with van der Waals surface area (Å²) < 4.78 is 16.7. The Morgan fingerprint density at radius 1 is 0.867 bits per heavy atom. The van der Waals surface area contributed by atoms with Crippen molar-refractivity contribution in [2.24, 2.45) is 0 Å². The molecule has 0 spiro atoms. The van der Waals surface area contributed by atoms with Gasteiger partial charge in [-0.05, 0) is 64.3 Å². The van der Waals surface area contributed by atoms with E-state index in [0.717, 1.165) is 11.1 Å². The minimum absolute atomic E-state index is 0.151. The van der Waals surface area contributed by atoms with E-state index in [1.807, 2.05) is 80.3 Å². The van der Waals surface area contributed by atoms with Gasteiger partial charge in [0.25, 0.3) is 0 Å². The number of morpholine rings is 1. The molecule has 0 unspecified atom stereocenters. The molecule has 2 fully saturated rings. The first-order valence-corrected chi connectivity index (χ1v) is 15.5. The quantitative estimate of drug-likeness (QED) is 0.271. The summed E-state index contributed by atoms with van der Waals surface area (Å²) in [4.78, 5) is 55.2. The molecule has 2 saturated heterocycles. The van der Waals surface area contributed by atoms with Crippen LogP contribution in [0.1, 0.15) is 45.7 Å². The van der Waals surface area contributed by atoms with E-state index in [0.29, 0.717) is 32.1 Å². The Morgan fingerprint density at radius 2 is 1.44 bits per heavy atom. The minimum atomic E-state index is -1.02. The number of carbonyl (C=O) groups excluding carboxylic acids is 4. The van der Waals surface area contributed by atoms with Crippen LogP contribution in [-0.2, 0) is 41.5 Å². The molecule has 2 aromatic carbocycles. The summed E-state index contributed by atoms with van der Waals surface area (Å²) in [6, 6.07) is 14.0. The molecule has 0 radical (unpaired) electrons. The van der Waals surface area contributed by atoms with Crippen LogP contribution < -0.4 is 20.7 Å². The summed E-state index contributed by atoms with van der Waals surface area (Å²) in [6.45, 7) is 12.0. The van der Waals surface area contributed by atoms with Crippen molar-refractivity contribution in [3.8, 4) is 5.75 Å². The van der Waals surface area contributed by atoms with Crippen LogP contribution in [-0.4, -0.2) is 97.2 Å². The summed E-state index contributed by atoms with van der Waals surface area (Å²) in [6.07, 6.45) is 0.430. The van der Waals surface area contributed by atoms with Crippen molar-refractivity contribution in [2.75, 3.05) is 39.5 Å². The van der Waals surface area contributed by atoms with Crippen LogP contribution >= 0.6 is 0 Å². The fraction of sp³-hybridized carbons (Fsp3) is 0.529. The highest BCUT2D eigenvalue weighted by atomic mass is 16.6. The van der Waals surface area contributed by atoms with Gasteiger partial charge in [0.1, 0.15) is 29.0 Å². The molecule has 0 bridgehead atoms. The fourth-order valence-corrected chi connectivity index (χ4v) is 5.05. The van der Waals surface area contributed by atoms with Crippen LogP contribution in [0.4, 0.5) is 0 Å². The SMILES string of the molecule is C[C@H](NC(=O)CN1CCOCC1)C(=O)N[C@@H](Cc1ccc(OC(C)(C)C)cc1)C(=O)N[C@@H](Cc1ccccc1)C(=O)[C@@]1(C)CO1. The first kappa shape index (κ1) is 34.1. The monoisotopic (exact) mass is 622 g/mol. The van der Waals surface area contributed by atoms with Crippen LogP contribution in [0, 0.1) is 0 Å². The van der Waals surface area contributed by atoms with Crippen molar-refractivity contribution >= 4 is 23.5 Å². The molecular weight excluding hydrogens is 576 g/mol. The molecule has 2 heterocycles. The largest absolute Gasteiger partial charge is 0.488 e. The zero-order valence-corrected chi connectivity index (χ0v) is 26.9. The number of hydrogen-bond donors (Lipinski definition) is 3. The Balaban J connectivity index is 1.48. The number of nitrogens with one attached hydrogen (secondary N) is 3. The number of nitrogens with zero attached hydrogens (tertiary/aromatic N) is 1. The standard InChI is InChI=1S/C34H46N4O7/c1-23(35-29(39)21-38-15-17-43-18-16-38)31(41)37-28(20-25-11-13-26(14-12-25)45-33(2,3)4)32(42)36-27(30(40)34(5)22-44-34)19-24-9-7-6-8-10-24/h6-14,23,27-28H,15-22H2,1-5H3,(H,35,39)(H,36,42)(H,37,41)/t23-,27-,28-,34+/m0/s1. The molecule has 2 aliphatic rings. The van der Waals surface area contributed by atoms with Gasteiger partial charge < -0.3 is 30.2 Å². The highest BCUT2D eigenvalue weighted by Crippen LogP contribution is 2.29. The lowest BCUT2D eigenvalue weighted by molar-refractivity contribution is -0.134. The highest BCUT2D eigenvalue weighted by molar-refractivity contribution is 5.98. The number of benzene rings is 2. The molecule has 3 N–H and O–H groups in total. The van der Waals surface area contributed by atoms with Crippen LogP contribution in [0.3, 0.4) is 0 Å². The highest BCUT2D eigenvalue weighted by Gasteiger charge is 2.50. The first-order valence-electron chi connectivity index (χ1n) is 15.5. The second-order valence-electron chi connectivity index (χ2n) is 12.9. The molecule has 11 nitrogen and oxygen atoms in total. The van der Waals surface area contributed by atoms with E-state index >= 15 is 0 Å². The van der Waals surface area contributed by atoms with Crippen molar-refractivity contribution in [1.29, 1.82) is 0 Å². The summed E-state index contributed by atoms with van der Waals surface area (Å²) in [5.41, 5.74) is 0.340. The van der Waals surface area contributed by atoms with Gasteiger partial charge in [-0.2, -0.15) is 0 Å². The molecular formula is C34H46N4O7. The number of Topliss-reactive ketones (excluding diaryl/α,β-unsaturated/α-hetero) is 1. The molecule has 11 heteroatoms. The predicted octanol–water partition coefficient (Wildman–Crippen LogP) is 1.81. The normalized spacial score (nSPS) is 20.3. The van der Waals surface area contributed by atoms with E-state index < -0.39 is 35.5 Å².